The van der Waals surface area contributed by atoms with Crippen molar-refractivity contribution in [2.75, 3.05) is 11.9 Å². The van der Waals surface area contributed by atoms with E-state index in [0.29, 0.717) is 25.7 Å². The molecule has 3 rings (SSSR count). The SMILES string of the molecule is CC1(C)CCC(O/N=C(\C(=O)N[C@H]2CONC2=O)c2csc(NC(=O)OC(C)(C)C)n2)(C(=O)OC(C)(C)C)CC1. The largest absolute Gasteiger partial charge is 0.457 e. The smallest absolute Gasteiger partial charge is 0.413 e. The molecule has 0 bridgehead atoms. The quantitative estimate of drug-likeness (QED) is 0.248. The Balaban J connectivity index is 1.92. The molecule has 1 aliphatic heterocycles. The highest BCUT2D eigenvalue weighted by Crippen LogP contribution is 2.43. The van der Waals surface area contributed by atoms with Gasteiger partial charge in [-0.1, -0.05) is 19.0 Å². The van der Waals surface area contributed by atoms with Crippen LogP contribution < -0.4 is 16.1 Å². The second-order valence-electron chi connectivity index (χ2n) is 12.7. The number of nitrogens with one attached hydrogen (secondary N) is 3. The number of nitrogens with zero attached hydrogens (tertiary/aromatic N) is 2. The molecule has 40 heavy (non-hydrogen) atoms. The number of thiazole rings is 1. The zero-order chi connectivity index (χ0) is 29.9. The molecule has 1 aromatic rings. The average Bonchev–Trinajstić information content (AvgIpc) is 3.41. The summed E-state index contributed by atoms with van der Waals surface area (Å²) in [6.45, 7) is 14.6. The average molecular weight is 582 g/mol. The summed E-state index contributed by atoms with van der Waals surface area (Å²) in [5, 5.41) is 10.8. The number of rotatable bonds is 7. The summed E-state index contributed by atoms with van der Waals surface area (Å²) in [7, 11) is 0. The van der Waals surface area contributed by atoms with Gasteiger partial charge in [-0.2, -0.15) is 0 Å². The van der Waals surface area contributed by atoms with E-state index in [0.717, 1.165) is 11.3 Å². The zero-order valence-corrected chi connectivity index (χ0v) is 25.1. The van der Waals surface area contributed by atoms with E-state index in [1.165, 1.54) is 5.38 Å². The minimum absolute atomic E-state index is 0.00816. The summed E-state index contributed by atoms with van der Waals surface area (Å²) in [5.74, 6) is -1.89. The number of esters is 1. The van der Waals surface area contributed by atoms with Gasteiger partial charge in [0.15, 0.2) is 10.8 Å². The van der Waals surface area contributed by atoms with Crippen molar-refractivity contribution in [3.8, 4) is 0 Å². The van der Waals surface area contributed by atoms with Gasteiger partial charge >= 0.3 is 12.1 Å². The van der Waals surface area contributed by atoms with Crippen LogP contribution in [0.3, 0.4) is 0 Å². The van der Waals surface area contributed by atoms with Gasteiger partial charge in [0.25, 0.3) is 11.8 Å². The van der Waals surface area contributed by atoms with Crippen LogP contribution in [-0.2, 0) is 33.5 Å². The lowest BCUT2D eigenvalue weighted by atomic mass is 9.71. The Morgan fingerprint density at radius 3 is 2.25 bits per heavy atom. The van der Waals surface area contributed by atoms with Crippen LogP contribution in [0.25, 0.3) is 0 Å². The Bertz CT molecular complexity index is 1150. The molecule has 0 radical (unpaired) electrons. The number of hydrogen-bond donors (Lipinski definition) is 3. The van der Waals surface area contributed by atoms with Gasteiger partial charge in [-0.25, -0.2) is 20.1 Å². The van der Waals surface area contributed by atoms with E-state index in [2.05, 4.69) is 40.1 Å². The third-order valence-corrected chi connectivity index (χ3v) is 6.87. The predicted octanol–water partition coefficient (Wildman–Crippen LogP) is 3.44. The Hall–Kier alpha value is -3.26. The summed E-state index contributed by atoms with van der Waals surface area (Å²) in [6, 6.07) is -0.967. The number of carbonyl (C=O) groups excluding carboxylic acids is 4. The lowest BCUT2D eigenvalue weighted by Crippen LogP contribution is -2.49. The molecule has 0 spiro atoms. The lowest BCUT2D eigenvalue weighted by Gasteiger charge is -2.40. The van der Waals surface area contributed by atoms with Crippen molar-refractivity contribution in [1.29, 1.82) is 0 Å². The minimum atomic E-state index is -1.42. The van der Waals surface area contributed by atoms with E-state index in [1.54, 1.807) is 41.5 Å². The van der Waals surface area contributed by atoms with Gasteiger partial charge in [0.05, 0.1) is 0 Å². The highest BCUT2D eigenvalue weighted by molar-refractivity contribution is 7.14. The molecule has 2 heterocycles. The highest BCUT2D eigenvalue weighted by atomic mass is 32.1. The lowest BCUT2D eigenvalue weighted by molar-refractivity contribution is -0.191. The molecule has 13 nitrogen and oxygen atoms in total. The molecule has 1 aliphatic carbocycles. The van der Waals surface area contributed by atoms with Crippen molar-refractivity contribution in [2.24, 2.45) is 10.6 Å². The molecule has 3 amide bonds. The van der Waals surface area contributed by atoms with E-state index in [1.807, 2.05) is 0 Å². The van der Waals surface area contributed by atoms with E-state index in [9.17, 15) is 19.2 Å². The van der Waals surface area contributed by atoms with Gasteiger partial charge in [0.1, 0.15) is 29.5 Å². The summed E-state index contributed by atoms with van der Waals surface area (Å²) in [6.07, 6.45) is 1.28. The summed E-state index contributed by atoms with van der Waals surface area (Å²) in [5.41, 5.74) is -0.980. The maximum atomic E-state index is 13.4. The Kier molecular flexibility index (Phi) is 9.14. The second-order valence-corrected chi connectivity index (χ2v) is 13.5. The standard InChI is InChI=1S/C26H39N5O8S/c1-23(2,3)37-20(34)26(11-9-25(7,8)10-12-26)39-30-17(19(33)27-15-13-36-31-18(15)32)16-14-40-21(28-16)29-22(35)38-24(4,5)6/h14-15H,9-13H2,1-8H3,(H,27,33)(H,31,32)(H,28,29,35)/b30-17-/t15-/m0/s1. The van der Waals surface area contributed by atoms with Gasteiger partial charge < -0.3 is 19.6 Å². The van der Waals surface area contributed by atoms with Gasteiger partial charge in [0, 0.05) is 18.2 Å². The van der Waals surface area contributed by atoms with Gasteiger partial charge in [0.2, 0.25) is 5.60 Å². The molecular formula is C26H39N5O8S. The Labute approximate surface area is 237 Å². The fraction of sp³-hybridized carbons (Fsp3) is 0.692. The molecule has 2 aliphatic rings. The predicted molar refractivity (Wildman–Crippen MR) is 146 cm³/mol. The molecule has 3 N–H and O–H groups in total. The van der Waals surface area contributed by atoms with E-state index >= 15 is 0 Å². The normalized spacial score (nSPS) is 20.8. The monoisotopic (exact) mass is 581 g/mol. The Morgan fingerprint density at radius 1 is 1.07 bits per heavy atom. The van der Waals surface area contributed by atoms with Crippen molar-refractivity contribution in [2.45, 2.75) is 104 Å². The number of hydrogen-bond acceptors (Lipinski definition) is 11. The number of hydroxylamine groups is 1. The summed E-state index contributed by atoms with van der Waals surface area (Å²) in [4.78, 5) is 66.0. The van der Waals surface area contributed by atoms with Gasteiger partial charge in [-0.3, -0.25) is 19.7 Å². The molecule has 1 saturated carbocycles. The maximum Gasteiger partial charge on any atom is 0.413 e. The molecule has 1 saturated heterocycles. The van der Waals surface area contributed by atoms with Crippen molar-refractivity contribution >= 4 is 46.1 Å². The van der Waals surface area contributed by atoms with E-state index in [4.69, 9.17) is 19.1 Å². The van der Waals surface area contributed by atoms with E-state index < -0.39 is 46.7 Å². The number of ether oxygens (including phenoxy) is 2. The summed E-state index contributed by atoms with van der Waals surface area (Å²) < 4.78 is 10.9. The molecular weight excluding hydrogens is 542 g/mol. The second kappa shape index (κ2) is 11.7. The highest BCUT2D eigenvalue weighted by Gasteiger charge is 2.49. The molecule has 1 atom stereocenters. The first-order valence-electron chi connectivity index (χ1n) is 13.1. The number of aromatic nitrogens is 1. The minimum Gasteiger partial charge on any atom is -0.457 e. The molecule has 2 fully saturated rings. The molecule has 0 aromatic carbocycles. The molecule has 222 valence electrons. The van der Waals surface area contributed by atoms with Crippen LogP contribution in [-0.4, -0.2) is 64.0 Å². The number of carbonyl (C=O) groups is 4. The van der Waals surface area contributed by atoms with E-state index in [-0.39, 0.29) is 28.6 Å². The third kappa shape index (κ3) is 8.62. The van der Waals surface area contributed by atoms with Crippen LogP contribution in [0.4, 0.5) is 9.93 Å². The molecule has 0 unspecified atom stereocenters. The first-order chi connectivity index (χ1) is 18.4. The van der Waals surface area contributed by atoms with Crippen LogP contribution in [0, 0.1) is 5.41 Å². The zero-order valence-electron chi connectivity index (χ0n) is 24.3. The number of anilines is 1. The van der Waals surface area contributed by atoms with Crippen molar-refractivity contribution in [3.63, 3.8) is 0 Å². The fourth-order valence-electron chi connectivity index (χ4n) is 3.88. The van der Waals surface area contributed by atoms with Crippen molar-refractivity contribution < 1.29 is 38.3 Å². The molecule has 1 aromatic heterocycles. The summed E-state index contributed by atoms with van der Waals surface area (Å²) >= 11 is 1.03. The maximum absolute atomic E-state index is 13.4. The van der Waals surface area contributed by atoms with Crippen molar-refractivity contribution in [1.82, 2.24) is 15.8 Å². The van der Waals surface area contributed by atoms with Crippen LogP contribution in [0.5, 0.6) is 0 Å². The first-order valence-corrected chi connectivity index (χ1v) is 13.9. The van der Waals surface area contributed by atoms with Crippen molar-refractivity contribution in [3.05, 3.63) is 11.1 Å². The topological polar surface area (TPSA) is 167 Å². The van der Waals surface area contributed by atoms with Crippen LogP contribution in [0.15, 0.2) is 10.5 Å². The first kappa shape index (κ1) is 31.3. The van der Waals surface area contributed by atoms with Crippen LogP contribution >= 0.6 is 11.3 Å². The van der Waals surface area contributed by atoms with Gasteiger partial charge in [-0.05, 0) is 59.8 Å². The number of amides is 3. The third-order valence-electron chi connectivity index (χ3n) is 6.11. The molecule has 14 heteroatoms. The number of oxime groups is 1. The fourth-order valence-corrected chi connectivity index (χ4v) is 4.56. The van der Waals surface area contributed by atoms with Gasteiger partial charge in [-0.15, -0.1) is 11.3 Å². The van der Waals surface area contributed by atoms with Crippen LogP contribution in [0.2, 0.25) is 0 Å². The van der Waals surface area contributed by atoms with Crippen LogP contribution in [0.1, 0.15) is 86.8 Å². The Morgan fingerprint density at radius 2 is 1.70 bits per heavy atom.